The fraction of sp³-hybridized carbons (Fsp3) is 0.385. The van der Waals surface area contributed by atoms with Crippen LogP contribution in [-0.4, -0.2) is 15.4 Å². The number of nitrogens with two attached hydrogens (primary N) is 1. The van der Waals surface area contributed by atoms with E-state index in [1.807, 2.05) is 6.07 Å². The molecule has 0 aliphatic heterocycles. The molecule has 0 bridgehead atoms. The van der Waals surface area contributed by atoms with Crippen LogP contribution in [0, 0.1) is 0 Å². The van der Waals surface area contributed by atoms with Gasteiger partial charge in [0.1, 0.15) is 5.69 Å². The van der Waals surface area contributed by atoms with E-state index in [2.05, 4.69) is 39.0 Å². The zero-order valence-corrected chi connectivity index (χ0v) is 10.1. The first-order valence-corrected chi connectivity index (χ1v) is 6.30. The summed E-state index contributed by atoms with van der Waals surface area (Å²) in [4.78, 5) is 0. The summed E-state index contributed by atoms with van der Waals surface area (Å²) in [6, 6.07) is 8.35. The topological polar surface area (TPSA) is 79.6 Å². The van der Waals surface area contributed by atoms with E-state index in [-0.39, 0.29) is 6.04 Å². The summed E-state index contributed by atoms with van der Waals surface area (Å²) in [5.41, 5.74) is 6.26. The van der Waals surface area contributed by atoms with Crippen molar-refractivity contribution < 1.29 is 0 Å². The molecule has 1 aromatic carbocycles. The highest BCUT2D eigenvalue weighted by Gasteiger charge is 2.26. The molecule has 1 aliphatic carbocycles. The molecule has 0 saturated heterocycles. The van der Waals surface area contributed by atoms with Crippen LogP contribution in [0.4, 0.5) is 0 Å². The number of nitrogens with zero attached hydrogens (tertiary/aromatic N) is 2. The summed E-state index contributed by atoms with van der Waals surface area (Å²) in [7, 11) is 0. The molecule has 18 heavy (non-hydrogen) atoms. The van der Waals surface area contributed by atoms with Crippen molar-refractivity contribution in [2.45, 2.75) is 31.2 Å². The van der Waals surface area contributed by atoms with Crippen molar-refractivity contribution in [1.82, 2.24) is 20.8 Å². The van der Waals surface area contributed by atoms with Gasteiger partial charge in [-0.05, 0) is 29.9 Å². The monoisotopic (exact) mass is 243 g/mol. The van der Waals surface area contributed by atoms with Crippen molar-refractivity contribution in [2.75, 3.05) is 0 Å². The highest BCUT2D eigenvalue weighted by atomic mass is 15.3. The summed E-state index contributed by atoms with van der Waals surface area (Å²) in [5.74, 6) is 6.36. The molecule has 0 radical (unpaired) electrons. The predicted octanol–water partition coefficient (Wildman–Crippen LogP) is 1.62. The average molecular weight is 243 g/mol. The number of H-pyrrole nitrogens is 1. The molecule has 4 N–H and O–H groups in total. The van der Waals surface area contributed by atoms with Gasteiger partial charge < -0.3 is 0 Å². The second kappa shape index (κ2) is 4.88. The van der Waals surface area contributed by atoms with Crippen LogP contribution in [0.25, 0.3) is 0 Å². The Hall–Kier alpha value is -1.72. The lowest BCUT2D eigenvalue weighted by Crippen LogP contribution is -2.30. The number of hydrazine groups is 1. The zero-order chi connectivity index (χ0) is 12.4. The molecular formula is C13H17N5. The standard InChI is InChI=1S/C13H17N5/c14-16-13(12-8-15-18-17-12)11-7-2-1-6-10(11)9-4-3-5-9/h1-2,6-9,13,16H,3-5,14H2,(H,15,17,18). The Kier molecular flexibility index (Phi) is 3.08. The van der Waals surface area contributed by atoms with E-state index in [0.29, 0.717) is 5.92 Å². The van der Waals surface area contributed by atoms with Crippen molar-refractivity contribution in [1.29, 1.82) is 0 Å². The number of hydrogen-bond acceptors (Lipinski definition) is 4. The lowest BCUT2D eigenvalue weighted by atomic mass is 9.77. The molecular weight excluding hydrogens is 226 g/mol. The van der Waals surface area contributed by atoms with E-state index in [0.717, 1.165) is 5.69 Å². The Balaban J connectivity index is 1.99. The third kappa shape index (κ3) is 1.91. The van der Waals surface area contributed by atoms with Gasteiger partial charge in [0.2, 0.25) is 0 Å². The minimum Gasteiger partial charge on any atom is -0.271 e. The van der Waals surface area contributed by atoms with E-state index < -0.39 is 0 Å². The third-order valence-electron chi connectivity index (χ3n) is 3.75. The first-order valence-electron chi connectivity index (χ1n) is 6.30. The molecule has 0 amide bonds. The normalized spacial score (nSPS) is 17.4. The van der Waals surface area contributed by atoms with Crippen LogP contribution in [0.15, 0.2) is 30.5 Å². The van der Waals surface area contributed by atoms with E-state index in [4.69, 9.17) is 5.84 Å². The molecule has 5 nitrogen and oxygen atoms in total. The maximum absolute atomic E-state index is 5.69. The van der Waals surface area contributed by atoms with Gasteiger partial charge in [0.15, 0.2) is 0 Å². The Morgan fingerprint density at radius 1 is 1.33 bits per heavy atom. The Labute approximate surface area is 106 Å². The fourth-order valence-electron chi connectivity index (χ4n) is 2.55. The van der Waals surface area contributed by atoms with Crippen LogP contribution in [0.2, 0.25) is 0 Å². The zero-order valence-electron chi connectivity index (χ0n) is 10.1. The lowest BCUT2D eigenvalue weighted by Gasteiger charge is -2.29. The summed E-state index contributed by atoms with van der Waals surface area (Å²) in [6.45, 7) is 0. The molecule has 94 valence electrons. The Morgan fingerprint density at radius 2 is 2.17 bits per heavy atom. The van der Waals surface area contributed by atoms with Crippen LogP contribution in [-0.2, 0) is 0 Å². The number of hydrogen-bond donors (Lipinski definition) is 3. The van der Waals surface area contributed by atoms with Gasteiger partial charge in [-0.25, -0.2) is 5.43 Å². The smallest absolute Gasteiger partial charge is 0.105 e. The maximum atomic E-state index is 5.69. The van der Waals surface area contributed by atoms with Gasteiger partial charge in [-0.1, -0.05) is 30.7 Å². The van der Waals surface area contributed by atoms with Gasteiger partial charge in [-0.2, -0.15) is 15.4 Å². The quantitative estimate of drug-likeness (QED) is 0.563. The Morgan fingerprint density at radius 3 is 2.78 bits per heavy atom. The van der Waals surface area contributed by atoms with Gasteiger partial charge in [0.05, 0.1) is 12.2 Å². The predicted molar refractivity (Wildman–Crippen MR) is 68.6 cm³/mol. The lowest BCUT2D eigenvalue weighted by molar-refractivity contribution is 0.414. The molecule has 2 aromatic rings. The second-order valence-corrected chi connectivity index (χ2v) is 4.75. The minimum atomic E-state index is -0.0967. The maximum Gasteiger partial charge on any atom is 0.105 e. The fourth-order valence-corrected chi connectivity index (χ4v) is 2.55. The number of aromatic amines is 1. The Bertz CT molecular complexity index is 504. The number of aromatic nitrogens is 3. The summed E-state index contributed by atoms with van der Waals surface area (Å²) in [5, 5.41) is 10.6. The third-order valence-corrected chi connectivity index (χ3v) is 3.75. The molecule has 5 heteroatoms. The first-order chi connectivity index (χ1) is 8.90. The molecule has 1 atom stereocenters. The van der Waals surface area contributed by atoms with Crippen molar-refractivity contribution in [2.24, 2.45) is 5.84 Å². The van der Waals surface area contributed by atoms with E-state index in [9.17, 15) is 0 Å². The van der Waals surface area contributed by atoms with Crippen molar-refractivity contribution >= 4 is 0 Å². The summed E-state index contributed by atoms with van der Waals surface area (Å²) < 4.78 is 0. The molecule has 1 saturated carbocycles. The highest BCUT2D eigenvalue weighted by molar-refractivity contribution is 5.37. The van der Waals surface area contributed by atoms with Crippen molar-refractivity contribution in [3.05, 3.63) is 47.3 Å². The van der Waals surface area contributed by atoms with Crippen LogP contribution in [0.1, 0.15) is 48.0 Å². The van der Waals surface area contributed by atoms with Gasteiger partial charge in [0.25, 0.3) is 0 Å². The number of rotatable bonds is 4. The molecule has 1 heterocycles. The first kappa shape index (κ1) is 11.4. The second-order valence-electron chi connectivity index (χ2n) is 4.75. The van der Waals surface area contributed by atoms with Gasteiger partial charge in [-0.15, -0.1) is 0 Å². The molecule has 3 rings (SSSR count). The van der Waals surface area contributed by atoms with Crippen LogP contribution >= 0.6 is 0 Å². The van der Waals surface area contributed by atoms with E-state index >= 15 is 0 Å². The van der Waals surface area contributed by atoms with Gasteiger partial charge >= 0.3 is 0 Å². The molecule has 1 fully saturated rings. The minimum absolute atomic E-state index is 0.0967. The van der Waals surface area contributed by atoms with Crippen LogP contribution in [0.5, 0.6) is 0 Å². The van der Waals surface area contributed by atoms with Crippen molar-refractivity contribution in [3.8, 4) is 0 Å². The summed E-state index contributed by atoms with van der Waals surface area (Å²) >= 11 is 0. The molecule has 0 spiro atoms. The van der Waals surface area contributed by atoms with Gasteiger partial charge in [0, 0.05) is 0 Å². The average Bonchev–Trinajstić information content (AvgIpc) is 2.84. The summed E-state index contributed by atoms with van der Waals surface area (Å²) in [6.07, 6.45) is 5.58. The SMILES string of the molecule is NNC(c1cn[nH]n1)c1ccccc1C1CCC1. The number of benzene rings is 1. The largest absolute Gasteiger partial charge is 0.271 e. The molecule has 1 unspecified atom stereocenters. The van der Waals surface area contributed by atoms with E-state index in [1.165, 1.54) is 30.4 Å². The van der Waals surface area contributed by atoms with Crippen LogP contribution < -0.4 is 11.3 Å². The van der Waals surface area contributed by atoms with Gasteiger partial charge in [-0.3, -0.25) is 5.84 Å². The van der Waals surface area contributed by atoms with Crippen molar-refractivity contribution in [3.63, 3.8) is 0 Å². The highest BCUT2D eigenvalue weighted by Crippen LogP contribution is 2.40. The molecule has 1 aromatic heterocycles. The molecule has 1 aliphatic rings. The van der Waals surface area contributed by atoms with E-state index in [1.54, 1.807) is 6.20 Å². The van der Waals surface area contributed by atoms with Crippen LogP contribution in [0.3, 0.4) is 0 Å². The number of nitrogens with one attached hydrogen (secondary N) is 2.